The van der Waals surface area contributed by atoms with Crippen molar-refractivity contribution in [2.24, 2.45) is 5.73 Å². The second kappa shape index (κ2) is 6.75. The van der Waals surface area contributed by atoms with Gasteiger partial charge in [0, 0.05) is 22.5 Å². The standard InChI is InChI=1S/C13H20N2O2S/c1-4-17-12(16)13(3,14)9-10(2)18-11-5-7-15-8-6-11/h5-8,10H,4,9,14H2,1-3H3. The Kier molecular flexibility index (Phi) is 5.62. The van der Waals surface area contributed by atoms with Crippen molar-refractivity contribution < 1.29 is 9.53 Å². The first-order valence-corrected chi connectivity index (χ1v) is 6.86. The SMILES string of the molecule is CCOC(=O)C(C)(N)CC(C)Sc1ccncc1. The van der Waals surface area contributed by atoms with Gasteiger partial charge in [-0.2, -0.15) is 0 Å². The van der Waals surface area contributed by atoms with Crippen LogP contribution in [0.25, 0.3) is 0 Å². The predicted molar refractivity (Wildman–Crippen MR) is 73.4 cm³/mol. The lowest BCUT2D eigenvalue weighted by atomic mass is 9.98. The quantitative estimate of drug-likeness (QED) is 0.633. The third kappa shape index (κ3) is 4.66. The lowest BCUT2D eigenvalue weighted by Crippen LogP contribution is -2.47. The van der Waals surface area contributed by atoms with Crippen LogP contribution in [-0.4, -0.2) is 28.3 Å². The molecule has 100 valence electrons. The lowest BCUT2D eigenvalue weighted by Gasteiger charge is -2.25. The van der Waals surface area contributed by atoms with Crippen molar-refractivity contribution in [1.29, 1.82) is 0 Å². The van der Waals surface area contributed by atoms with Crippen LogP contribution in [0.15, 0.2) is 29.4 Å². The predicted octanol–water partition coefficient (Wildman–Crippen LogP) is 2.23. The number of pyridine rings is 1. The Morgan fingerprint density at radius 2 is 2.17 bits per heavy atom. The lowest BCUT2D eigenvalue weighted by molar-refractivity contribution is -0.149. The van der Waals surface area contributed by atoms with Gasteiger partial charge in [0.1, 0.15) is 5.54 Å². The number of rotatable bonds is 6. The van der Waals surface area contributed by atoms with Crippen molar-refractivity contribution >= 4 is 17.7 Å². The van der Waals surface area contributed by atoms with Gasteiger partial charge in [0.2, 0.25) is 0 Å². The zero-order valence-corrected chi connectivity index (χ0v) is 11.9. The Bertz CT molecular complexity index is 382. The van der Waals surface area contributed by atoms with E-state index in [0.29, 0.717) is 13.0 Å². The number of ether oxygens (including phenoxy) is 1. The maximum atomic E-state index is 11.7. The molecule has 1 aromatic heterocycles. The van der Waals surface area contributed by atoms with E-state index in [9.17, 15) is 4.79 Å². The Balaban J connectivity index is 2.53. The molecule has 2 atom stereocenters. The fourth-order valence-corrected chi connectivity index (χ4v) is 2.84. The molecule has 4 nitrogen and oxygen atoms in total. The van der Waals surface area contributed by atoms with Crippen molar-refractivity contribution in [1.82, 2.24) is 4.98 Å². The summed E-state index contributed by atoms with van der Waals surface area (Å²) < 4.78 is 4.97. The van der Waals surface area contributed by atoms with Gasteiger partial charge in [-0.15, -0.1) is 11.8 Å². The van der Waals surface area contributed by atoms with Crippen LogP contribution in [0.1, 0.15) is 27.2 Å². The molecule has 0 fully saturated rings. The van der Waals surface area contributed by atoms with Crippen LogP contribution in [0.5, 0.6) is 0 Å². The maximum absolute atomic E-state index is 11.7. The topological polar surface area (TPSA) is 65.2 Å². The van der Waals surface area contributed by atoms with E-state index in [2.05, 4.69) is 11.9 Å². The summed E-state index contributed by atoms with van der Waals surface area (Å²) >= 11 is 1.68. The Morgan fingerprint density at radius 1 is 1.56 bits per heavy atom. The average Bonchev–Trinajstić information content (AvgIpc) is 2.29. The summed E-state index contributed by atoms with van der Waals surface area (Å²) in [6.45, 7) is 5.91. The minimum atomic E-state index is -0.935. The molecule has 0 radical (unpaired) electrons. The van der Waals surface area contributed by atoms with Gasteiger partial charge in [-0.3, -0.25) is 9.78 Å². The molecule has 1 aromatic rings. The highest BCUT2D eigenvalue weighted by molar-refractivity contribution is 7.99. The Hall–Kier alpha value is -1.07. The highest BCUT2D eigenvalue weighted by Crippen LogP contribution is 2.27. The highest BCUT2D eigenvalue weighted by atomic mass is 32.2. The van der Waals surface area contributed by atoms with E-state index in [-0.39, 0.29) is 11.2 Å². The van der Waals surface area contributed by atoms with Gasteiger partial charge in [-0.1, -0.05) is 6.92 Å². The van der Waals surface area contributed by atoms with Crippen molar-refractivity contribution in [2.75, 3.05) is 6.61 Å². The molecule has 5 heteroatoms. The number of carbonyl (C=O) groups excluding carboxylic acids is 1. The van der Waals surface area contributed by atoms with E-state index < -0.39 is 5.54 Å². The van der Waals surface area contributed by atoms with E-state index >= 15 is 0 Å². The molecule has 0 saturated carbocycles. The third-order valence-electron chi connectivity index (χ3n) is 2.44. The van der Waals surface area contributed by atoms with Gasteiger partial charge in [0.15, 0.2) is 0 Å². The number of nitrogens with zero attached hydrogens (tertiary/aromatic N) is 1. The smallest absolute Gasteiger partial charge is 0.325 e. The summed E-state index contributed by atoms with van der Waals surface area (Å²) in [6, 6.07) is 3.89. The number of hydrogen-bond acceptors (Lipinski definition) is 5. The van der Waals surface area contributed by atoms with Crippen LogP contribution < -0.4 is 5.73 Å². The molecule has 18 heavy (non-hydrogen) atoms. The third-order valence-corrected chi connectivity index (χ3v) is 3.55. The zero-order valence-electron chi connectivity index (χ0n) is 11.1. The van der Waals surface area contributed by atoms with Crippen LogP contribution in [0.4, 0.5) is 0 Å². The number of thioether (sulfide) groups is 1. The molecule has 0 saturated heterocycles. The first kappa shape index (κ1) is 15.0. The number of hydrogen-bond donors (Lipinski definition) is 1. The number of aromatic nitrogens is 1. The number of esters is 1. The minimum Gasteiger partial charge on any atom is -0.465 e. The summed E-state index contributed by atoms with van der Waals surface area (Å²) in [4.78, 5) is 16.8. The molecule has 0 bridgehead atoms. The van der Waals surface area contributed by atoms with E-state index in [4.69, 9.17) is 10.5 Å². The molecule has 0 spiro atoms. The maximum Gasteiger partial charge on any atom is 0.325 e. The minimum absolute atomic E-state index is 0.229. The first-order chi connectivity index (χ1) is 8.45. The van der Waals surface area contributed by atoms with E-state index in [1.165, 1.54) is 0 Å². The van der Waals surface area contributed by atoms with Crippen molar-refractivity contribution in [3.8, 4) is 0 Å². The fourth-order valence-electron chi connectivity index (χ4n) is 1.67. The molecule has 2 N–H and O–H groups in total. The monoisotopic (exact) mass is 268 g/mol. The molecule has 0 aromatic carbocycles. The van der Waals surface area contributed by atoms with E-state index in [0.717, 1.165) is 4.90 Å². The summed E-state index contributed by atoms with van der Waals surface area (Å²) in [5.41, 5.74) is 5.07. The normalized spacial score (nSPS) is 15.8. The van der Waals surface area contributed by atoms with E-state index in [1.807, 2.05) is 12.1 Å². The summed E-state index contributed by atoms with van der Waals surface area (Å²) in [6.07, 6.45) is 4.07. The molecule has 0 aliphatic rings. The van der Waals surface area contributed by atoms with Crippen LogP contribution in [-0.2, 0) is 9.53 Å². The van der Waals surface area contributed by atoms with Gasteiger partial charge in [0.05, 0.1) is 6.61 Å². The second-order valence-corrected chi connectivity index (χ2v) is 5.97. The largest absolute Gasteiger partial charge is 0.465 e. The Morgan fingerprint density at radius 3 is 2.72 bits per heavy atom. The van der Waals surface area contributed by atoms with Gasteiger partial charge in [-0.25, -0.2) is 0 Å². The molecule has 1 rings (SSSR count). The Labute approximate surface area is 112 Å². The summed E-state index contributed by atoms with van der Waals surface area (Å²) in [5, 5.41) is 0.229. The molecule has 0 amide bonds. The molecule has 0 aliphatic carbocycles. The highest BCUT2D eigenvalue weighted by Gasteiger charge is 2.31. The summed E-state index contributed by atoms with van der Waals surface area (Å²) in [7, 11) is 0. The van der Waals surface area contributed by atoms with Crippen molar-refractivity contribution in [2.45, 2.75) is 42.9 Å². The van der Waals surface area contributed by atoms with Gasteiger partial charge in [-0.05, 0) is 32.4 Å². The number of carbonyl (C=O) groups is 1. The van der Waals surface area contributed by atoms with Crippen LogP contribution in [0.2, 0.25) is 0 Å². The molecule has 2 unspecified atom stereocenters. The number of nitrogens with two attached hydrogens (primary N) is 1. The average molecular weight is 268 g/mol. The fraction of sp³-hybridized carbons (Fsp3) is 0.538. The van der Waals surface area contributed by atoms with Gasteiger partial charge < -0.3 is 10.5 Å². The van der Waals surface area contributed by atoms with Gasteiger partial charge in [0.25, 0.3) is 0 Å². The summed E-state index contributed by atoms with van der Waals surface area (Å²) in [5.74, 6) is -0.341. The molecular weight excluding hydrogens is 248 g/mol. The molecular formula is C13H20N2O2S. The van der Waals surface area contributed by atoms with Crippen LogP contribution in [0.3, 0.4) is 0 Å². The van der Waals surface area contributed by atoms with Crippen molar-refractivity contribution in [3.05, 3.63) is 24.5 Å². The van der Waals surface area contributed by atoms with Gasteiger partial charge >= 0.3 is 5.97 Å². The second-order valence-electron chi connectivity index (χ2n) is 4.45. The van der Waals surface area contributed by atoms with Crippen molar-refractivity contribution in [3.63, 3.8) is 0 Å². The molecule has 0 aliphatic heterocycles. The zero-order chi connectivity index (χ0) is 13.6. The van der Waals surface area contributed by atoms with Crippen LogP contribution >= 0.6 is 11.8 Å². The first-order valence-electron chi connectivity index (χ1n) is 5.98. The molecule has 1 heterocycles. The van der Waals surface area contributed by atoms with Crippen LogP contribution in [0, 0.1) is 0 Å². The van der Waals surface area contributed by atoms with E-state index in [1.54, 1.807) is 38.0 Å².